The van der Waals surface area contributed by atoms with Crippen molar-refractivity contribution in [3.63, 3.8) is 0 Å². The van der Waals surface area contributed by atoms with E-state index in [0.29, 0.717) is 12.1 Å². The molecule has 72 valence electrons. The Labute approximate surface area is 76.1 Å². The standard InChI is InChI=1S/C10H22N2/c1-4-9(3)12-7-10-8(2)5-6-11-10/h8-12H,4-7H2,1-3H3. The molecule has 2 N–H and O–H groups in total. The van der Waals surface area contributed by atoms with Gasteiger partial charge in [0.15, 0.2) is 0 Å². The Bertz CT molecular complexity index is 125. The minimum Gasteiger partial charge on any atom is -0.313 e. The molecular formula is C10H22N2. The first-order valence-electron chi connectivity index (χ1n) is 5.20. The lowest BCUT2D eigenvalue weighted by Gasteiger charge is -2.19. The van der Waals surface area contributed by atoms with Gasteiger partial charge < -0.3 is 10.6 Å². The van der Waals surface area contributed by atoms with Gasteiger partial charge in [0.1, 0.15) is 0 Å². The van der Waals surface area contributed by atoms with Gasteiger partial charge in [-0.2, -0.15) is 0 Å². The van der Waals surface area contributed by atoms with Gasteiger partial charge in [-0.25, -0.2) is 0 Å². The molecule has 0 bridgehead atoms. The highest BCUT2D eigenvalue weighted by Gasteiger charge is 2.22. The summed E-state index contributed by atoms with van der Waals surface area (Å²) in [4.78, 5) is 0. The van der Waals surface area contributed by atoms with E-state index in [2.05, 4.69) is 31.4 Å². The molecule has 1 aliphatic rings. The van der Waals surface area contributed by atoms with Gasteiger partial charge >= 0.3 is 0 Å². The Hall–Kier alpha value is -0.0800. The van der Waals surface area contributed by atoms with Crippen LogP contribution in [0.15, 0.2) is 0 Å². The summed E-state index contributed by atoms with van der Waals surface area (Å²) in [5.74, 6) is 0.849. The van der Waals surface area contributed by atoms with Crippen LogP contribution in [-0.4, -0.2) is 25.2 Å². The zero-order valence-electron chi connectivity index (χ0n) is 8.56. The van der Waals surface area contributed by atoms with Gasteiger partial charge in [-0.1, -0.05) is 13.8 Å². The molecule has 3 atom stereocenters. The summed E-state index contributed by atoms with van der Waals surface area (Å²) in [7, 11) is 0. The van der Waals surface area contributed by atoms with E-state index in [1.165, 1.54) is 19.4 Å². The van der Waals surface area contributed by atoms with Crippen molar-refractivity contribution in [2.24, 2.45) is 5.92 Å². The zero-order chi connectivity index (χ0) is 8.97. The largest absolute Gasteiger partial charge is 0.313 e. The van der Waals surface area contributed by atoms with Crippen LogP contribution in [0.2, 0.25) is 0 Å². The highest BCUT2D eigenvalue weighted by atomic mass is 15.0. The quantitative estimate of drug-likeness (QED) is 0.666. The topological polar surface area (TPSA) is 24.1 Å². The lowest BCUT2D eigenvalue weighted by atomic mass is 10.0. The summed E-state index contributed by atoms with van der Waals surface area (Å²) in [5, 5.41) is 7.07. The van der Waals surface area contributed by atoms with E-state index in [0.717, 1.165) is 12.5 Å². The van der Waals surface area contributed by atoms with Crippen LogP contribution in [0.5, 0.6) is 0 Å². The summed E-state index contributed by atoms with van der Waals surface area (Å²) in [6.45, 7) is 9.15. The van der Waals surface area contributed by atoms with E-state index < -0.39 is 0 Å². The van der Waals surface area contributed by atoms with E-state index in [4.69, 9.17) is 0 Å². The molecule has 1 saturated heterocycles. The van der Waals surface area contributed by atoms with Crippen molar-refractivity contribution >= 4 is 0 Å². The lowest BCUT2D eigenvalue weighted by Crippen LogP contribution is -2.40. The summed E-state index contributed by atoms with van der Waals surface area (Å²) in [6, 6.07) is 1.37. The van der Waals surface area contributed by atoms with Crippen LogP contribution in [0.25, 0.3) is 0 Å². The van der Waals surface area contributed by atoms with Crippen molar-refractivity contribution < 1.29 is 0 Å². The molecule has 3 unspecified atom stereocenters. The molecule has 1 aliphatic heterocycles. The van der Waals surface area contributed by atoms with Crippen molar-refractivity contribution in [1.29, 1.82) is 0 Å². The van der Waals surface area contributed by atoms with E-state index in [1.807, 2.05) is 0 Å². The first-order chi connectivity index (χ1) is 5.74. The Balaban J connectivity index is 2.13. The summed E-state index contributed by atoms with van der Waals surface area (Å²) in [6.07, 6.45) is 2.56. The number of hydrogen-bond donors (Lipinski definition) is 2. The Morgan fingerprint density at radius 2 is 2.33 bits per heavy atom. The fraction of sp³-hybridized carbons (Fsp3) is 1.00. The van der Waals surface area contributed by atoms with Crippen LogP contribution in [0, 0.1) is 5.92 Å². The van der Waals surface area contributed by atoms with Gasteiger partial charge in [0, 0.05) is 18.6 Å². The second kappa shape index (κ2) is 4.83. The van der Waals surface area contributed by atoms with Gasteiger partial charge in [-0.15, -0.1) is 0 Å². The van der Waals surface area contributed by atoms with Gasteiger partial charge in [-0.3, -0.25) is 0 Å². The molecule has 0 radical (unpaired) electrons. The third-order valence-corrected chi connectivity index (χ3v) is 2.99. The predicted molar refractivity (Wildman–Crippen MR) is 53.3 cm³/mol. The van der Waals surface area contributed by atoms with Gasteiger partial charge in [0.05, 0.1) is 0 Å². The third kappa shape index (κ3) is 2.76. The monoisotopic (exact) mass is 170 g/mol. The lowest BCUT2D eigenvalue weighted by molar-refractivity contribution is 0.417. The highest BCUT2D eigenvalue weighted by Crippen LogP contribution is 2.13. The highest BCUT2D eigenvalue weighted by molar-refractivity contribution is 4.83. The number of rotatable bonds is 4. The molecule has 2 nitrogen and oxygen atoms in total. The molecule has 1 fully saturated rings. The molecular weight excluding hydrogens is 148 g/mol. The van der Waals surface area contributed by atoms with Gasteiger partial charge in [0.25, 0.3) is 0 Å². The molecule has 0 aromatic carbocycles. The maximum Gasteiger partial charge on any atom is 0.0218 e. The Kier molecular flexibility index (Phi) is 4.02. The predicted octanol–water partition coefficient (Wildman–Crippen LogP) is 1.37. The molecule has 0 amide bonds. The van der Waals surface area contributed by atoms with Gasteiger partial charge in [0.2, 0.25) is 0 Å². The number of nitrogens with one attached hydrogen (secondary N) is 2. The zero-order valence-corrected chi connectivity index (χ0v) is 8.56. The summed E-state index contributed by atoms with van der Waals surface area (Å²) < 4.78 is 0. The second-order valence-corrected chi connectivity index (χ2v) is 4.04. The first-order valence-corrected chi connectivity index (χ1v) is 5.20. The average Bonchev–Trinajstić information content (AvgIpc) is 2.47. The molecule has 1 heterocycles. The van der Waals surface area contributed by atoms with Crippen LogP contribution in [0.4, 0.5) is 0 Å². The minimum atomic E-state index is 0.666. The van der Waals surface area contributed by atoms with Crippen LogP contribution >= 0.6 is 0 Å². The maximum atomic E-state index is 3.54. The van der Waals surface area contributed by atoms with E-state index in [9.17, 15) is 0 Å². The summed E-state index contributed by atoms with van der Waals surface area (Å²) in [5.41, 5.74) is 0. The second-order valence-electron chi connectivity index (χ2n) is 4.04. The van der Waals surface area contributed by atoms with Crippen molar-refractivity contribution in [3.05, 3.63) is 0 Å². The SMILES string of the molecule is CCC(C)NCC1NCCC1C. The van der Waals surface area contributed by atoms with Crippen molar-refractivity contribution in [2.45, 2.75) is 45.7 Å². The van der Waals surface area contributed by atoms with E-state index in [1.54, 1.807) is 0 Å². The first kappa shape index (κ1) is 10.0. The smallest absolute Gasteiger partial charge is 0.0218 e. The van der Waals surface area contributed by atoms with Crippen LogP contribution in [0.3, 0.4) is 0 Å². The Morgan fingerprint density at radius 3 is 2.83 bits per heavy atom. The molecule has 0 aliphatic carbocycles. The molecule has 12 heavy (non-hydrogen) atoms. The maximum absolute atomic E-state index is 3.54. The number of hydrogen-bond acceptors (Lipinski definition) is 2. The van der Waals surface area contributed by atoms with Crippen molar-refractivity contribution in [1.82, 2.24) is 10.6 Å². The van der Waals surface area contributed by atoms with Crippen LogP contribution in [-0.2, 0) is 0 Å². The average molecular weight is 170 g/mol. The Morgan fingerprint density at radius 1 is 1.58 bits per heavy atom. The molecule has 0 aromatic rings. The molecule has 1 rings (SSSR count). The molecule has 2 heteroatoms. The third-order valence-electron chi connectivity index (χ3n) is 2.99. The van der Waals surface area contributed by atoms with Crippen LogP contribution in [0.1, 0.15) is 33.6 Å². The molecule has 0 saturated carbocycles. The van der Waals surface area contributed by atoms with Crippen molar-refractivity contribution in [2.75, 3.05) is 13.1 Å². The van der Waals surface area contributed by atoms with E-state index in [-0.39, 0.29) is 0 Å². The fourth-order valence-electron chi connectivity index (χ4n) is 1.64. The fourth-order valence-corrected chi connectivity index (χ4v) is 1.64. The van der Waals surface area contributed by atoms with Crippen molar-refractivity contribution in [3.8, 4) is 0 Å². The van der Waals surface area contributed by atoms with Crippen LogP contribution < -0.4 is 10.6 Å². The van der Waals surface area contributed by atoms with E-state index >= 15 is 0 Å². The van der Waals surface area contributed by atoms with Gasteiger partial charge in [-0.05, 0) is 32.2 Å². The normalized spacial score (nSPS) is 32.2. The summed E-state index contributed by atoms with van der Waals surface area (Å²) >= 11 is 0. The molecule has 0 spiro atoms. The minimum absolute atomic E-state index is 0.666. The molecule has 0 aromatic heterocycles.